The normalized spacial score (nSPS) is 19.9. The lowest BCUT2D eigenvalue weighted by Gasteiger charge is -2.31. The Kier molecular flexibility index (Phi) is 4.00. The van der Waals surface area contributed by atoms with E-state index >= 15 is 0 Å². The molecule has 1 unspecified atom stereocenters. The fraction of sp³-hybridized carbons (Fsp3) is 0.462. The number of carboxylic acids is 1. The molecule has 112 valence electrons. The first-order valence-electron chi connectivity index (χ1n) is 6.63. The van der Waals surface area contributed by atoms with Crippen LogP contribution in [0.25, 0.3) is 4.96 Å². The molecule has 21 heavy (non-hydrogen) atoms. The van der Waals surface area contributed by atoms with E-state index in [1.807, 2.05) is 5.38 Å². The van der Waals surface area contributed by atoms with Crippen LogP contribution in [0.1, 0.15) is 12.1 Å². The molecule has 0 amide bonds. The van der Waals surface area contributed by atoms with Crippen molar-refractivity contribution in [3.8, 4) is 0 Å². The number of carbonyl (C=O) groups is 1. The van der Waals surface area contributed by atoms with Crippen molar-refractivity contribution in [2.45, 2.75) is 19.1 Å². The van der Waals surface area contributed by atoms with E-state index in [0.717, 1.165) is 0 Å². The Labute approximate surface area is 124 Å². The van der Waals surface area contributed by atoms with Crippen LogP contribution in [0.5, 0.6) is 0 Å². The van der Waals surface area contributed by atoms with Crippen LogP contribution in [0.4, 0.5) is 0 Å². The largest absolute Gasteiger partial charge is 0.481 e. The number of nitrogens with zero attached hydrogens (tertiary/aromatic N) is 3. The Morgan fingerprint density at radius 1 is 1.57 bits per heavy atom. The van der Waals surface area contributed by atoms with Gasteiger partial charge in [0.2, 0.25) is 0 Å². The first kappa shape index (κ1) is 14.2. The standard InChI is InChI=1S/C13H15N3O4S/c17-11-5-9(14-13-16(11)2-4-21-13)7-15-1-3-20-10(8-15)6-12(18)19/h2,4-5,10H,1,3,6-8H2,(H,18,19). The average molecular weight is 309 g/mol. The van der Waals surface area contributed by atoms with E-state index in [1.165, 1.54) is 21.8 Å². The second kappa shape index (κ2) is 5.92. The zero-order valence-corrected chi connectivity index (χ0v) is 12.1. The number of rotatable bonds is 4. The van der Waals surface area contributed by atoms with Crippen LogP contribution in [0.2, 0.25) is 0 Å². The van der Waals surface area contributed by atoms with Crippen LogP contribution in [0.15, 0.2) is 22.4 Å². The minimum atomic E-state index is -0.863. The topological polar surface area (TPSA) is 84.1 Å². The molecule has 0 aliphatic carbocycles. The highest BCUT2D eigenvalue weighted by Gasteiger charge is 2.23. The number of thiazole rings is 1. The summed E-state index contributed by atoms with van der Waals surface area (Å²) in [4.78, 5) is 29.9. The minimum Gasteiger partial charge on any atom is -0.481 e. The molecule has 0 spiro atoms. The highest BCUT2D eigenvalue weighted by atomic mass is 32.1. The van der Waals surface area contributed by atoms with E-state index in [4.69, 9.17) is 9.84 Å². The van der Waals surface area contributed by atoms with E-state index in [9.17, 15) is 9.59 Å². The third-order valence-corrected chi connectivity index (χ3v) is 4.12. The van der Waals surface area contributed by atoms with Gasteiger partial charge in [-0.1, -0.05) is 0 Å². The third kappa shape index (κ3) is 3.29. The monoisotopic (exact) mass is 309 g/mol. The summed E-state index contributed by atoms with van der Waals surface area (Å²) in [6.07, 6.45) is 1.40. The van der Waals surface area contributed by atoms with Gasteiger partial charge in [-0.05, 0) is 0 Å². The molecule has 1 atom stereocenters. The van der Waals surface area contributed by atoms with Crippen molar-refractivity contribution in [2.24, 2.45) is 0 Å². The van der Waals surface area contributed by atoms with E-state index in [-0.39, 0.29) is 18.1 Å². The SMILES string of the molecule is O=C(O)CC1CN(Cc2cc(=O)n3ccsc3n2)CCO1. The Morgan fingerprint density at radius 2 is 2.43 bits per heavy atom. The molecule has 0 radical (unpaired) electrons. The van der Waals surface area contributed by atoms with Crippen molar-refractivity contribution in [1.82, 2.24) is 14.3 Å². The van der Waals surface area contributed by atoms with Crippen LogP contribution in [-0.4, -0.2) is 51.2 Å². The summed E-state index contributed by atoms with van der Waals surface area (Å²) in [6.45, 7) is 2.28. The van der Waals surface area contributed by atoms with Gasteiger partial charge in [0.15, 0.2) is 4.96 Å². The van der Waals surface area contributed by atoms with E-state index in [2.05, 4.69) is 9.88 Å². The Morgan fingerprint density at radius 3 is 3.24 bits per heavy atom. The molecule has 1 saturated heterocycles. The smallest absolute Gasteiger partial charge is 0.306 e. The maximum atomic E-state index is 11.9. The molecule has 8 heteroatoms. The van der Waals surface area contributed by atoms with Crippen molar-refractivity contribution >= 4 is 22.3 Å². The lowest BCUT2D eigenvalue weighted by molar-refractivity contribution is -0.142. The van der Waals surface area contributed by atoms with E-state index in [1.54, 1.807) is 6.20 Å². The van der Waals surface area contributed by atoms with E-state index < -0.39 is 5.97 Å². The maximum absolute atomic E-state index is 11.9. The zero-order valence-electron chi connectivity index (χ0n) is 11.3. The molecule has 1 fully saturated rings. The number of ether oxygens (including phenoxy) is 1. The van der Waals surface area contributed by atoms with Crippen LogP contribution in [0.3, 0.4) is 0 Å². The molecule has 7 nitrogen and oxygen atoms in total. The molecule has 2 aromatic rings. The van der Waals surface area contributed by atoms with E-state index in [0.29, 0.717) is 36.9 Å². The summed E-state index contributed by atoms with van der Waals surface area (Å²) in [5, 5.41) is 10.6. The predicted octanol–water partition coefficient (Wildman–Crippen LogP) is 0.431. The lowest BCUT2D eigenvalue weighted by Crippen LogP contribution is -2.43. The van der Waals surface area contributed by atoms with Crippen LogP contribution in [0, 0.1) is 0 Å². The lowest BCUT2D eigenvalue weighted by atomic mass is 10.2. The number of aliphatic carboxylic acids is 1. The average Bonchev–Trinajstić information content (AvgIpc) is 2.87. The fourth-order valence-electron chi connectivity index (χ4n) is 2.44. The molecule has 1 aliphatic heterocycles. The summed E-state index contributed by atoms with van der Waals surface area (Å²) in [5.74, 6) is -0.863. The molecule has 1 aliphatic rings. The summed E-state index contributed by atoms with van der Waals surface area (Å²) in [7, 11) is 0. The molecule has 3 rings (SSSR count). The number of hydrogen-bond acceptors (Lipinski definition) is 6. The zero-order chi connectivity index (χ0) is 14.8. The van der Waals surface area contributed by atoms with Gasteiger partial charge in [-0.2, -0.15) is 0 Å². The molecule has 0 saturated carbocycles. The van der Waals surface area contributed by atoms with Crippen LogP contribution < -0.4 is 5.56 Å². The van der Waals surface area contributed by atoms with Crippen molar-refractivity contribution in [1.29, 1.82) is 0 Å². The van der Waals surface area contributed by atoms with Crippen molar-refractivity contribution in [3.63, 3.8) is 0 Å². The van der Waals surface area contributed by atoms with Crippen molar-refractivity contribution in [2.75, 3.05) is 19.7 Å². The molecule has 0 aromatic carbocycles. The van der Waals surface area contributed by atoms with Gasteiger partial charge >= 0.3 is 5.97 Å². The molecular weight excluding hydrogens is 294 g/mol. The van der Waals surface area contributed by atoms with Crippen molar-refractivity contribution in [3.05, 3.63) is 33.7 Å². The first-order chi connectivity index (χ1) is 10.1. The second-order valence-corrected chi connectivity index (χ2v) is 5.84. The Balaban J connectivity index is 1.72. The molecule has 0 bridgehead atoms. The summed E-state index contributed by atoms with van der Waals surface area (Å²) >= 11 is 1.42. The highest BCUT2D eigenvalue weighted by Crippen LogP contribution is 2.13. The summed E-state index contributed by atoms with van der Waals surface area (Å²) in [6, 6.07) is 1.53. The first-order valence-corrected chi connectivity index (χ1v) is 7.51. The van der Waals surface area contributed by atoms with Gasteiger partial charge in [-0.25, -0.2) is 4.98 Å². The van der Waals surface area contributed by atoms with Crippen LogP contribution >= 0.6 is 11.3 Å². The fourth-order valence-corrected chi connectivity index (χ4v) is 3.18. The number of aromatic nitrogens is 2. The number of hydrogen-bond donors (Lipinski definition) is 1. The van der Waals surface area contributed by atoms with Gasteiger partial charge in [0.05, 0.1) is 24.8 Å². The van der Waals surface area contributed by atoms with Gasteiger partial charge in [-0.3, -0.25) is 18.9 Å². The summed E-state index contributed by atoms with van der Waals surface area (Å²) in [5.41, 5.74) is 0.616. The van der Waals surface area contributed by atoms with Crippen LogP contribution in [-0.2, 0) is 16.1 Å². The predicted molar refractivity (Wildman–Crippen MR) is 76.6 cm³/mol. The van der Waals surface area contributed by atoms with Gasteiger partial charge in [-0.15, -0.1) is 11.3 Å². The number of carboxylic acid groups (broad SMARTS) is 1. The Hall–Kier alpha value is -1.77. The van der Waals surface area contributed by atoms with Gasteiger partial charge in [0.25, 0.3) is 5.56 Å². The molecule has 2 aromatic heterocycles. The number of morpholine rings is 1. The number of fused-ring (bicyclic) bond motifs is 1. The Bertz CT molecular complexity index is 711. The second-order valence-electron chi connectivity index (χ2n) is 4.97. The van der Waals surface area contributed by atoms with Gasteiger partial charge in [0, 0.05) is 37.3 Å². The third-order valence-electron chi connectivity index (χ3n) is 3.37. The maximum Gasteiger partial charge on any atom is 0.306 e. The molecule has 1 N–H and O–H groups in total. The molecular formula is C13H15N3O4S. The highest BCUT2D eigenvalue weighted by molar-refractivity contribution is 7.15. The van der Waals surface area contributed by atoms with Gasteiger partial charge < -0.3 is 9.84 Å². The van der Waals surface area contributed by atoms with Gasteiger partial charge in [0.1, 0.15) is 0 Å². The van der Waals surface area contributed by atoms with Crippen molar-refractivity contribution < 1.29 is 14.6 Å². The summed E-state index contributed by atoms with van der Waals surface area (Å²) < 4.78 is 6.95. The molecule has 3 heterocycles. The quantitative estimate of drug-likeness (QED) is 0.882. The minimum absolute atomic E-state index is 0.00343.